The number of rotatable bonds is 11. The SMILES string of the molecule is CN(C)CCCN(C)c1ccc(C(=O)Nc2n[nH]c3ccc(Cc4cc(F)cc(F)c4)cc23)c(NC2CCOCC2)c1. The van der Waals surface area contributed by atoms with Gasteiger partial charge >= 0.3 is 0 Å². The summed E-state index contributed by atoms with van der Waals surface area (Å²) in [5.41, 5.74) is 4.43. The van der Waals surface area contributed by atoms with E-state index < -0.39 is 11.6 Å². The smallest absolute Gasteiger partial charge is 0.258 e. The standard InChI is InChI=1S/C32H38F2N6O2/c1-39(2)11-4-12-40(3)26-6-7-27(30(20-26)35-25-9-13-42-14-10-25)32(41)36-31-28-18-21(5-8-29(28)37-38-31)15-22-16-23(33)19-24(34)17-22/h5-8,16-20,25,35H,4,9-15H2,1-3H3,(H2,36,37,38,41). The Balaban J connectivity index is 1.37. The van der Waals surface area contributed by atoms with Crippen LogP contribution >= 0.6 is 0 Å². The molecule has 1 aromatic heterocycles. The fourth-order valence-corrected chi connectivity index (χ4v) is 5.29. The maximum Gasteiger partial charge on any atom is 0.258 e. The Morgan fingerprint density at radius 2 is 1.74 bits per heavy atom. The van der Waals surface area contributed by atoms with E-state index in [1.54, 1.807) is 0 Å². The second kappa shape index (κ2) is 13.3. The molecule has 3 N–H and O–H groups in total. The van der Waals surface area contributed by atoms with Gasteiger partial charge in [-0.05, 0) is 99.9 Å². The molecule has 0 saturated carbocycles. The molecule has 4 aromatic rings. The molecular weight excluding hydrogens is 538 g/mol. The van der Waals surface area contributed by atoms with Crippen molar-refractivity contribution >= 4 is 34.0 Å². The second-order valence-electron chi connectivity index (χ2n) is 11.2. The van der Waals surface area contributed by atoms with Crippen LogP contribution in [0.3, 0.4) is 0 Å². The molecule has 1 amide bonds. The number of amides is 1. The van der Waals surface area contributed by atoms with Crippen LogP contribution in [0.4, 0.5) is 26.0 Å². The van der Waals surface area contributed by atoms with Crippen LogP contribution in [-0.2, 0) is 11.2 Å². The molecule has 0 spiro atoms. The third-order valence-electron chi connectivity index (χ3n) is 7.56. The van der Waals surface area contributed by atoms with Crippen LogP contribution in [0.5, 0.6) is 0 Å². The molecule has 1 aliphatic rings. The minimum atomic E-state index is -0.613. The quantitative estimate of drug-likeness (QED) is 0.214. The van der Waals surface area contributed by atoms with Crippen LogP contribution in [0, 0.1) is 11.6 Å². The van der Waals surface area contributed by atoms with Gasteiger partial charge in [0.1, 0.15) is 11.6 Å². The summed E-state index contributed by atoms with van der Waals surface area (Å²) in [6, 6.07) is 15.2. The Bertz CT molecular complexity index is 1510. The van der Waals surface area contributed by atoms with Gasteiger partial charge in [-0.2, -0.15) is 5.10 Å². The van der Waals surface area contributed by atoms with Crippen LogP contribution in [-0.4, -0.2) is 74.5 Å². The van der Waals surface area contributed by atoms with Crippen LogP contribution in [0.2, 0.25) is 0 Å². The number of H-pyrrole nitrogens is 1. The monoisotopic (exact) mass is 576 g/mol. The maximum absolute atomic E-state index is 13.7. The first-order valence-electron chi connectivity index (χ1n) is 14.3. The lowest BCUT2D eigenvalue weighted by Gasteiger charge is -2.27. The zero-order valence-corrected chi connectivity index (χ0v) is 24.3. The summed E-state index contributed by atoms with van der Waals surface area (Å²) in [4.78, 5) is 18.0. The summed E-state index contributed by atoms with van der Waals surface area (Å²) in [6.07, 6.45) is 3.10. The molecule has 2 heterocycles. The summed E-state index contributed by atoms with van der Waals surface area (Å²) in [5, 5.41) is 14.6. The number of hydrogen-bond donors (Lipinski definition) is 3. The number of nitrogens with one attached hydrogen (secondary N) is 3. The summed E-state index contributed by atoms with van der Waals surface area (Å²) in [6.45, 7) is 3.27. The maximum atomic E-state index is 13.7. The molecule has 0 aliphatic carbocycles. The molecule has 1 aliphatic heterocycles. The number of fused-ring (bicyclic) bond motifs is 1. The molecule has 1 fully saturated rings. The molecule has 0 radical (unpaired) electrons. The number of anilines is 3. The third kappa shape index (κ3) is 7.43. The van der Waals surface area contributed by atoms with E-state index in [-0.39, 0.29) is 11.9 Å². The van der Waals surface area contributed by atoms with Crippen molar-refractivity contribution in [3.8, 4) is 0 Å². The summed E-state index contributed by atoms with van der Waals surface area (Å²) < 4.78 is 33.0. The highest BCUT2D eigenvalue weighted by atomic mass is 19.1. The van der Waals surface area contributed by atoms with E-state index in [9.17, 15) is 13.6 Å². The molecule has 0 bridgehead atoms. The van der Waals surface area contributed by atoms with Crippen LogP contribution < -0.4 is 15.5 Å². The zero-order valence-electron chi connectivity index (χ0n) is 24.3. The predicted octanol–water partition coefficient (Wildman–Crippen LogP) is 5.66. The second-order valence-corrected chi connectivity index (χ2v) is 11.2. The Morgan fingerprint density at radius 1 is 0.976 bits per heavy atom. The highest BCUT2D eigenvalue weighted by Crippen LogP contribution is 2.29. The molecule has 10 heteroatoms. The molecule has 8 nitrogen and oxygen atoms in total. The summed E-state index contributed by atoms with van der Waals surface area (Å²) in [7, 11) is 6.20. The van der Waals surface area contributed by atoms with Crippen molar-refractivity contribution in [1.82, 2.24) is 15.1 Å². The van der Waals surface area contributed by atoms with Crippen molar-refractivity contribution in [2.75, 3.05) is 63.0 Å². The van der Waals surface area contributed by atoms with Gasteiger partial charge in [0.25, 0.3) is 5.91 Å². The molecule has 0 atom stereocenters. The van der Waals surface area contributed by atoms with E-state index in [2.05, 4.69) is 51.8 Å². The fourth-order valence-electron chi connectivity index (χ4n) is 5.29. The average molecular weight is 577 g/mol. The number of carbonyl (C=O) groups is 1. The summed E-state index contributed by atoms with van der Waals surface area (Å²) in [5.74, 6) is -1.11. The van der Waals surface area contributed by atoms with Crippen LogP contribution in [0.15, 0.2) is 54.6 Å². The minimum absolute atomic E-state index is 0.209. The number of benzene rings is 3. The third-order valence-corrected chi connectivity index (χ3v) is 7.56. The number of nitrogens with zero attached hydrogens (tertiary/aromatic N) is 3. The molecule has 42 heavy (non-hydrogen) atoms. The van der Waals surface area contributed by atoms with Crippen molar-refractivity contribution in [2.24, 2.45) is 0 Å². The van der Waals surface area contributed by atoms with Gasteiger partial charge in [-0.3, -0.25) is 9.89 Å². The van der Waals surface area contributed by atoms with Crippen molar-refractivity contribution in [1.29, 1.82) is 0 Å². The van der Waals surface area contributed by atoms with E-state index in [0.717, 1.165) is 60.9 Å². The average Bonchev–Trinajstić information content (AvgIpc) is 3.34. The van der Waals surface area contributed by atoms with Crippen LogP contribution in [0.25, 0.3) is 10.9 Å². The number of carbonyl (C=O) groups excluding carboxylic acids is 1. The molecule has 222 valence electrons. The lowest BCUT2D eigenvalue weighted by molar-refractivity contribution is 0.0904. The van der Waals surface area contributed by atoms with E-state index >= 15 is 0 Å². The van der Waals surface area contributed by atoms with Gasteiger partial charge in [0.05, 0.1) is 11.1 Å². The Kier molecular flexibility index (Phi) is 9.34. The fraction of sp³-hybridized carbons (Fsp3) is 0.375. The van der Waals surface area contributed by atoms with E-state index in [4.69, 9.17) is 4.74 Å². The molecule has 5 rings (SSSR count). The van der Waals surface area contributed by atoms with Gasteiger partial charge in [0.15, 0.2) is 5.82 Å². The molecule has 3 aromatic carbocycles. The normalized spacial score (nSPS) is 14.0. The van der Waals surface area contributed by atoms with E-state index in [1.165, 1.54) is 12.1 Å². The Labute approximate surface area is 245 Å². The van der Waals surface area contributed by atoms with E-state index in [0.29, 0.717) is 42.0 Å². The van der Waals surface area contributed by atoms with Gasteiger partial charge in [0.2, 0.25) is 0 Å². The highest BCUT2D eigenvalue weighted by Gasteiger charge is 2.20. The van der Waals surface area contributed by atoms with E-state index in [1.807, 2.05) is 36.4 Å². The van der Waals surface area contributed by atoms with Crippen molar-refractivity contribution < 1.29 is 18.3 Å². The van der Waals surface area contributed by atoms with Crippen molar-refractivity contribution in [2.45, 2.75) is 31.7 Å². The number of hydrogen-bond acceptors (Lipinski definition) is 6. The van der Waals surface area contributed by atoms with Gasteiger partial charge < -0.3 is 25.2 Å². The number of ether oxygens (including phenoxy) is 1. The lowest BCUT2D eigenvalue weighted by atomic mass is 10.0. The Hall–Kier alpha value is -4.02. The van der Waals surface area contributed by atoms with Crippen molar-refractivity contribution in [3.05, 3.63) is 82.9 Å². The van der Waals surface area contributed by atoms with Gasteiger partial charge in [-0.15, -0.1) is 0 Å². The van der Waals surface area contributed by atoms with Gasteiger partial charge in [0, 0.05) is 55.7 Å². The van der Waals surface area contributed by atoms with Crippen molar-refractivity contribution in [3.63, 3.8) is 0 Å². The number of aromatic nitrogens is 2. The van der Waals surface area contributed by atoms with Crippen LogP contribution in [0.1, 0.15) is 40.7 Å². The van der Waals surface area contributed by atoms with Gasteiger partial charge in [-0.1, -0.05) is 6.07 Å². The number of aromatic amines is 1. The van der Waals surface area contributed by atoms with Gasteiger partial charge in [-0.25, -0.2) is 8.78 Å². The highest BCUT2D eigenvalue weighted by molar-refractivity contribution is 6.11. The summed E-state index contributed by atoms with van der Waals surface area (Å²) >= 11 is 0. The first-order valence-corrected chi connectivity index (χ1v) is 14.3. The predicted molar refractivity (Wildman–Crippen MR) is 164 cm³/mol. The number of halogens is 2. The lowest BCUT2D eigenvalue weighted by Crippen LogP contribution is -2.29. The molecule has 1 saturated heterocycles. The first-order chi connectivity index (χ1) is 20.2. The first kappa shape index (κ1) is 29.5. The largest absolute Gasteiger partial charge is 0.381 e. The Morgan fingerprint density at radius 3 is 2.48 bits per heavy atom. The topological polar surface area (TPSA) is 85.5 Å². The molecule has 0 unspecified atom stereocenters. The zero-order chi connectivity index (χ0) is 29.6. The minimum Gasteiger partial charge on any atom is -0.381 e. The molecular formula is C32H38F2N6O2.